The number of nitrogens with one attached hydrogen (secondary N) is 1. The Morgan fingerprint density at radius 3 is 2.75 bits per heavy atom. The summed E-state index contributed by atoms with van der Waals surface area (Å²) in [5.74, 6) is 0. The number of nitrogens with zero attached hydrogens (tertiary/aromatic N) is 1. The van der Waals surface area contributed by atoms with Crippen LogP contribution in [0.3, 0.4) is 0 Å². The summed E-state index contributed by atoms with van der Waals surface area (Å²) in [5.41, 5.74) is 2.52. The number of hydrogen-bond donors (Lipinski definition) is 1. The van der Waals surface area contributed by atoms with Gasteiger partial charge in [0.1, 0.15) is 0 Å². The van der Waals surface area contributed by atoms with E-state index in [9.17, 15) is 8.42 Å². The molecule has 0 aliphatic heterocycles. The third-order valence-corrected chi connectivity index (χ3v) is 3.96. The lowest BCUT2D eigenvalue weighted by molar-refractivity contribution is 0.601. The molecule has 0 unspecified atom stereocenters. The number of sulfone groups is 1. The van der Waals surface area contributed by atoms with Gasteiger partial charge in [-0.3, -0.25) is 0 Å². The van der Waals surface area contributed by atoms with Crippen molar-refractivity contribution in [1.82, 2.24) is 4.98 Å². The maximum absolute atomic E-state index is 11.7. The second-order valence-electron chi connectivity index (χ2n) is 3.97. The molecule has 0 bridgehead atoms. The largest absolute Gasteiger partial charge is 0.361 e. The van der Waals surface area contributed by atoms with E-state index in [4.69, 9.17) is 5.26 Å². The van der Waals surface area contributed by atoms with Crippen molar-refractivity contribution < 1.29 is 8.42 Å². The van der Waals surface area contributed by atoms with Crippen LogP contribution >= 0.6 is 0 Å². The summed E-state index contributed by atoms with van der Waals surface area (Å²) in [6.07, 6.45) is 4.51. The molecule has 84 valence electrons. The number of aryl methyl sites for hydroxylation is 2. The van der Waals surface area contributed by atoms with Crippen LogP contribution in [0.5, 0.6) is 0 Å². The van der Waals surface area contributed by atoms with Gasteiger partial charge in [0, 0.05) is 23.2 Å². The number of rotatable bonds is 1. The van der Waals surface area contributed by atoms with Crippen molar-refractivity contribution in [2.45, 2.75) is 24.7 Å². The molecule has 0 spiro atoms. The third kappa shape index (κ3) is 1.55. The first-order valence-corrected chi connectivity index (χ1v) is 6.86. The molecular formula is C11H12N2O2S. The highest BCUT2D eigenvalue weighted by Gasteiger charge is 2.26. The van der Waals surface area contributed by atoms with E-state index in [0.717, 1.165) is 18.5 Å². The van der Waals surface area contributed by atoms with Crippen LogP contribution in [0.15, 0.2) is 11.0 Å². The second-order valence-corrected chi connectivity index (χ2v) is 5.93. The van der Waals surface area contributed by atoms with Gasteiger partial charge in [-0.1, -0.05) is 6.08 Å². The molecule has 1 aromatic heterocycles. The van der Waals surface area contributed by atoms with Crippen LogP contribution in [-0.4, -0.2) is 19.7 Å². The van der Waals surface area contributed by atoms with Crippen molar-refractivity contribution in [3.05, 3.63) is 23.0 Å². The summed E-state index contributed by atoms with van der Waals surface area (Å²) < 4.78 is 23.4. The summed E-state index contributed by atoms with van der Waals surface area (Å²) in [6.45, 7) is 1.73. The monoisotopic (exact) mass is 236 g/mol. The number of aromatic amines is 1. The lowest BCUT2D eigenvalue weighted by Gasteiger charge is -2.09. The third-order valence-electron chi connectivity index (χ3n) is 2.71. The molecule has 16 heavy (non-hydrogen) atoms. The molecule has 1 heterocycles. The van der Waals surface area contributed by atoms with E-state index < -0.39 is 9.84 Å². The molecule has 1 aliphatic carbocycles. The Hall–Kier alpha value is -1.54. The molecule has 0 fully saturated rings. The van der Waals surface area contributed by atoms with Crippen LogP contribution in [0.25, 0.3) is 5.57 Å². The van der Waals surface area contributed by atoms with Crippen molar-refractivity contribution in [3.63, 3.8) is 0 Å². The zero-order valence-electron chi connectivity index (χ0n) is 9.16. The SMILES string of the molecule is Cc1[nH]c2c(c1S(C)(=O)=O)C(C#N)=CCC2. The quantitative estimate of drug-likeness (QED) is 0.804. The smallest absolute Gasteiger partial charge is 0.177 e. The first-order chi connectivity index (χ1) is 7.45. The molecule has 4 nitrogen and oxygen atoms in total. The van der Waals surface area contributed by atoms with E-state index in [0.29, 0.717) is 16.8 Å². The number of nitriles is 1. The van der Waals surface area contributed by atoms with Gasteiger partial charge in [0.2, 0.25) is 0 Å². The Morgan fingerprint density at radius 2 is 2.19 bits per heavy atom. The van der Waals surface area contributed by atoms with Crippen LogP contribution in [0.2, 0.25) is 0 Å². The predicted molar refractivity (Wildman–Crippen MR) is 60.6 cm³/mol. The maximum atomic E-state index is 11.7. The zero-order valence-corrected chi connectivity index (χ0v) is 9.98. The topological polar surface area (TPSA) is 73.7 Å². The van der Waals surface area contributed by atoms with Crippen LogP contribution in [0.4, 0.5) is 0 Å². The Kier molecular flexibility index (Phi) is 2.39. The van der Waals surface area contributed by atoms with Crippen molar-refractivity contribution in [1.29, 1.82) is 5.26 Å². The van der Waals surface area contributed by atoms with E-state index in [1.54, 1.807) is 13.0 Å². The van der Waals surface area contributed by atoms with Gasteiger partial charge in [-0.05, 0) is 19.8 Å². The standard InChI is InChI=1S/C11H12N2O2S/c1-7-11(16(2,14)15)10-8(6-12)4-3-5-9(10)13-7/h4,13H,3,5H2,1-2H3. The van der Waals surface area contributed by atoms with Gasteiger partial charge in [0.05, 0.1) is 16.5 Å². The van der Waals surface area contributed by atoms with Gasteiger partial charge in [-0.2, -0.15) is 5.26 Å². The van der Waals surface area contributed by atoms with Gasteiger partial charge in [-0.15, -0.1) is 0 Å². The van der Waals surface area contributed by atoms with Gasteiger partial charge < -0.3 is 4.98 Å². The van der Waals surface area contributed by atoms with Crippen LogP contribution < -0.4 is 0 Å². The Labute approximate surface area is 94.5 Å². The molecule has 0 aromatic carbocycles. The summed E-state index contributed by atoms with van der Waals surface area (Å²) in [4.78, 5) is 3.34. The molecule has 0 amide bonds. The number of hydrogen-bond acceptors (Lipinski definition) is 3. The molecular weight excluding hydrogens is 224 g/mol. The molecule has 0 saturated carbocycles. The average molecular weight is 236 g/mol. The van der Waals surface area contributed by atoms with E-state index in [2.05, 4.69) is 11.1 Å². The minimum Gasteiger partial charge on any atom is -0.361 e. The van der Waals surface area contributed by atoms with Crippen molar-refractivity contribution in [2.75, 3.05) is 6.26 Å². The first-order valence-electron chi connectivity index (χ1n) is 4.97. The minimum absolute atomic E-state index is 0.273. The van der Waals surface area contributed by atoms with Gasteiger partial charge in [0.25, 0.3) is 0 Å². The highest BCUT2D eigenvalue weighted by atomic mass is 32.2. The Bertz CT molecular complexity index is 615. The molecule has 0 atom stereocenters. The second kappa shape index (κ2) is 3.49. The highest BCUT2D eigenvalue weighted by Crippen LogP contribution is 2.33. The van der Waals surface area contributed by atoms with Gasteiger partial charge in [0.15, 0.2) is 9.84 Å². The van der Waals surface area contributed by atoms with Crippen molar-refractivity contribution >= 4 is 15.4 Å². The zero-order chi connectivity index (χ0) is 11.9. The maximum Gasteiger partial charge on any atom is 0.177 e. The summed E-state index contributed by atoms with van der Waals surface area (Å²) in [6, 6.07) is 2.06. The predicted octanol–water partition coefficient (Wildman–Crippen LogP) is 1.58. The number of fused-ring (bicyclic) bond motifs is 1. The van der Waals surface area contributed by atoms with Gasteiger partial charge in [-0.25, -0.2) is 8.42 Å². The number of aromatic nitrogens is 1. The number of allylic oxidation sites excluding steroid dienone is 2. The molecule has 0 radical (unpaired) electrons. The number of H-pyrrole nitrogens is 1. The fourth-order valence-electron chi connectivity index (χ4n) is 2.17. The Balaban J connectivity index is 2.81. The van der Waals surface area contributed by atoms with Crippen molar-refractivity contribution in [2.24, 2.45) is 0 Å². The van der Waals surface area contributed by atoms with Crippen LogP contribution in [0, 0.1) is 18.3 Å². The van der Waals surface area contributed by atoms with Gasteiger partial charge >= 0.3 is 0 Å². The van der Waals surface area contributed by atoms with E-state index >= 15 is 0 Å². The minimum atomic E-state index is -3.30. The molecule has 1 aromatic rings. The summed E-state index contributed by atoms with van der Waals surface area (Å²) in [7, 11) is -3.30. The average Bonchev–Trinajstić information content (AvgIpc) is 2.52. The normalized spacial score (nSPS) is 15.2. The Morgan fingerprint density at radius 1 is 1.50 bits per heavy atom. The van der Waals surface area contributed by atoms with Crippen LogP contribution in [-0.2, 0) is 16.3 Å². The highest BCUT2D eigenvalue weighted by molar-refractivity contribution is 7.90. The molecule has 1 N–H and O–H groups in total. The summed E-state index contributed by atoms with van der Waals surface area (Å²) >= 11 is 0. The molecule has 0 saturated heterocycles. The first kappa shape index (κ1) is 11.0. The lowest BCUT2D eigenvalue weighted by atomic mass is 9.98. The lowest BCUT2D eigenvalue weighted by Crippen LogP contribution is -2.04. The van der Waals surface area contributed by atoms with E-state index in [1.165, 1.54) is 6.26 Å². The summed E-state index contributed by atoms with van der Waals surface area (Å²) in [5, 5.41) is 9.01. The van der Waals surface area contributed by atoms with E-state index in [-0.39, 0.29) is 4.90 Å². The fraction of sp³-hybridized carbons (Fsp3) is 0.364. The van der Waals surface area contributed by atoms with Crippen molar-refractivity contribution in [3.8, 4) is 6.07 Å². The van der Waals surface area contributed by atoms with Crippen LogP contribution in [0.1, 0.15) is 23.4 Å². The fourth-order valence-corrected chi connectivity index (χ4v) is 3.38. The van der Waals surface area contributed by atoms with E-state index in [1.807, 2.05) is 0 Å². The molecule has 5 heteroatoms. The molecule has 1 aliphatic rings. The molecule has 2 rings (SSSR count).